The maximum atomic E-state index is 14.5. The van der Waals surface area contributed by atoms with E-state index in [1.54, 1.807) is 42.5 Å². The molecule has 7 nitrogen and oxygen atoms in total. The number of sulfonamides is 1. The second-order valence-corrected chi connectivity index (χ2v) is 13.4. The molecule has 0 heterocycles. The van der Waals surface area contributed by atoms with Gasteiger partial charge in [-0.25, -0.2) is 8.42 Å². The van der Waals surface area contributed by atoms with Gasteiger partial charge in [0.25, 0.3) is 10.0 Å². The van der Waals surface area contributed by atoms with Crippen LogP contribution in [0, 0.1) is 12.8 Å². The Morgan fingerprint density at radius 3 is 2.02 bits per heavy atom. The molecule has 1 atom stereocenters. The fourth-order valence-corrected chi connectivity index (χ4v) is 6.36. The summed E-state index contributed by atoms with van der Waals surface area (Å²) in [6.45, 7) is 5.99. The molecule has 4 rings (SSSR count). The third-order valence-corrected chi connectivity index (χ3v) is 9.32. The Morgan fingerprint density at radius 1 is 0.818 bits per heavy atom. The monoisotopic (exact) mass is 631 g/mol. The number of aryl methyl sites for hydroxylation is 1. The number of carbonyl (C=O) groups excluding carboxylic acids is 2. The van der Waals surface area contributed by atoms with Crippen LogP contribution < -0.4 is 9.62 Å². The number of anilines is 1. The van der Waals surface area contributed by atoms with Gasteiger partial charge in [0.15, 0.2) is 0 Å². The lowest BCUT2D eigenvalue weighted by molar-refractivity contribution is -0.140. The van der Waals surface area contributed by atoms with E-state index in [1.807, 2.05) is 75.4 Å². The van der Waals surface area contributed by atoms with Gasteiger partial charge in [-0.2, -0.15) is 0 Å². The number of hydrogen-bond acceptors (Lipinski definition) is 4. The van der Waals surface area contributed by atoms with E-state index in [0.717, 1.165) is 21.0 Å². The van der Waals surface area contributed by atoms with Gasteiger partial charge in [0.1, 0.15) is 12.6 Å². The highest BCUT2D eigenvalue weighted by atomic mass is 35.5. The standard InChI is InChI=1S/C35H38ClN3O4S/c1-26(2)23-37-35(41)33(22-28-13-6-4-7-14-28)38(24-29-15-11-10-12-27(29)3)34(40)25-39(31-20-18-30(36)19-21-31)44(42,43)32-16-8-5-9-17-32/h4-21,26,33H,22-25H2,1-3H3,(H,37,41). The van der Waals surface area contributed by atoms with Crippen molar-refractivity contribution in [1.82, 2.24) is 10.2 Å². The molecular formula is C35H38ClN3O4S. The highest BCUT2D eigenvalue weighted by Crippen LogP contribution is 2.26. The van der Waals surface area contributed by atoms with Crippen LogP contribution in [0.4, 0.5) is 5.69 Å². The molecule has 0 fully saturated rings. The van der Waals surface area contributed by atoms with Crippen molar-refractivity contribution in [3.05, 3.63) is 131 Å². The molecule has 0 saturated heterocycles. The molecule has 0 aliphatic carbocycles. The molecule has 9 heteroatoms. The lowest BCUT2D eigenvalue weighted by Crippen LogP contribution is -2.53. The number of nitrogens with zero attached hydrogens (tertiary/aromatic N) is 2. The van der Waals surface area contributed by atoms with Gasteiger partial charge in [0.05, 0.1) is 10.6 Å². The molecule has 44 heavy (non-hydrogen) atoms. The average Bonchev–Trinajstić information content (AvgIpc) is 3.02. The highest BCUT2D eigenvalue weighted by Gasteiger charge is 2.34. The summed E-state index contributed by atoms with van der Waals surface area (Å²) in [6.07, 6.45) is 0.259. The molecule has 1 N–H and O–H groups in total. The van der Waals surface area contributed by atoms with E-state index < -0.39 is 28.5 Å². The Labute approximate surface area is 265 Å². The van der Waals surface area contributed by atoms with Crippen LogP contribution in [-0.2, 0) is 32.6 Å². The molecule has 0 saturated carbocycles. The fraction of sp³-hybridized carbons (Fsp3) is 0.257. The lowest BCUT2D eigenvalue weighted by Gasteiger charge is -2.34. The van der Waals surface area contributed by atoms with Crippen molar-refractivity contribution in [3.63, 3.8) is 0 Å². The van der Waals surface area contributed by atoms with Gasteiger partial charge in [0.2, 0.25) is 11.8 Å². The number of halogens is 1. The minimum Gasteiger partial charge on any atom is -0.354 e. The van der Waals surface area contributed by atoms with E-state index in [-0.39, 0.29) is 35.4 Å². The molecule has 4 aromatic rings. The summed E-state index contributed by atoms with van der Waals surface area (Å²) in [4.78, 5) is 29.9. The quantitative estimate of drug-likeness (QED) is 0.189. The first-order chi connectivity index (χ1) is 21.1. The number of rotatable bonds is 13. The van der Waals surface area contributed by atoms with Crippen LogP contribution in [0.15, 0.2) is 114 Å². The summed E-state index contributed by atoms with van der Waals surface area (Å²) in [6, 6.07) is 30.5. The maximum Gasteiger partial charge on any atom is 0.264 e. The predicted octanol–water partition coefficient (Wildman–Crippen LogP) is 6.26. The van der Waals surface area contributed by atoms with Crippen molar-refractivity contribution in [3.8, 4) is 0 Å². The van der Waals surface area contributed by atoms with Crippen molar-refractivity contribution in [2.45, 2.75) is 44.7 Å². The molecule has 2 amide bonds. The van der Waals surface area contributed by atoms with Crippen LogP contribution in [0.1, 0.15) is 30.5 Å². The molecule has 230 valence electrons. The van der Waals surface area contributed by atoms with Crippen LogP contribution in [-0.4, -0.2) is 44.3 Å². The number of carbonyl (C=O) groups is 2. The second-order valence-electron chi connectivity index (χ2n) is 11.1. The second kappa shape index (κ2) is 15.0. The molecular weight excluding hydrogens is 594 g/mol. The zero-order valence-electron chi connectivity index (χ0n) is 25.2. The van der Waals surface area contributed by atoms with E-state index in [4.69, 9.17) is 11.6 Å². The maximum absolute atomic E-state index is 14.5. The Kier molecular flexibility index (Phi) is 11.2. The Morgan fingerprint density at radius 2 is 1.41 bits per heavy atom. The number of nitrogens with one attached hydrogen (secondary N) is 1. The summed E-state index contributed by atoms with van der Waals surface area (Å²) in [5.41, 5.74) is 2.98. The Hall–Kier alpha value is -4.14. The van der Waals surface area contributed by atoms with Crippen LogP contribution in [0.2, 0.25) is 5.02 Å². The zero-order chi connectivity index (χ0) is 31.7. The molecule has 0 aliphatic heterocycles. The summed E-state index contributed by atoms with van der Waals surface area (Å²) in [5, 5.41) is 3.44. The lowest BCUT2D eigenvalue weighted by atomic mass is 10.0. The summed E-state index contributed by atoms with van der Waals surface area (Å²) < 4.78 is 29.1. The van der Waals surface area contributed by atoms with Crippen LogP contribution in [0.3, 0.4) is 0 Å². The van der Waals surface area contributed by atoms with Gasteiger partial charge in [-0.3, -0.25) is 13.9 Å². The smallest absolute Gasteiger partial charge is 0.264 e. The summed E-state index contributed by atoms with van der Waals surface area (Å²) in [5.74, 6) is -0.606. The van der Waals surface area contributed by atoms with Gasteiger partial charge < -0.3 is 10.2 Å². The number of hydrogen-bond donors (Lipinski definition) is 1. The van der Waals surface area contributed by atoms with E-state index in [1.165, 1.54) is 17.0 Å². The SMILES string of the molecule is Cc1ccccc1CN(C(=O)CN(c1ccc(Cl)cc1)S(=O)(=O)c1ccccc1)C(Cc1ccccc1)C(=O)NCC(C)C. The van der Waals surface area contributed by atoms with Crippen LogP contribution >= 0.6 is 11.6 Å². The molecule has 0 aliphatic rings. The van der Waals surface area contributed by atoms with Crippen molar-refractivity contribution >= 4 is 39.1 Å². The van der Waals surface area contributed by atoms with Crippen LogP contribution in [0.25, 0.3) is 0 Å². The molecule has 0 aromatic heterocycles. The van der Waals surface area contributed by atoms with Gasteiger partial charge in [-0.15, -0.1) is 0 Å². The third-order valence-electron chi connectivity index (χ3n) is 7.28. The minimum atomic E-state index is -4.16. The first kappa shape index (κ1) is 32.8. The largest absolute Gasteiger partial charge is 0.354 e. The molecule has 0 radical (unpaired) electrons. The van der Waals surface area contributed by atoms with Gasteiger partial charge in [0, 0.05) is 24.5 Å². The van der Waals surface area contributed by atoms with Gasteiger partial charge >= 0.3 is 0 Å². The van der Waals surface area contributed by atoms with Crippen molar-refractivity contribution in [2.75, 3.05) is 17.4 Å². The Balaban J connectivity index is 1.79. The third kappa shape index (κ3) is 8.49. The van der Waals surface area contributed by atoms with Gasteiger partial charge in [-0.1, -0.05) is 98.2 Å². The fourth-order valence-electron chi connectivity index (χ4n) is 4.80. The normalized spacial score (nSPS) is 12.0. The van der Waals surface area contributed by atoms with E-state index >= 15 is 0 Å². The minimum absolute atomic E-state index is 0.0451. The predicted molar refractivity (Wildman–Crippen MR) is 176 cm³/mol. The number of amides is 2. The summed E-state index contributed by atoms with van der Waals surface area (Å²) in [7, 11) is -4.16. The van der Waals surface area contributed by atoms with E-state index in [2.05, 4.69) is 5.32 Å². The highest BCUT2D eigenvalue weighted by molar-refractivity contribution is 7.92. The molecule has 4 aromatic carbocycles. The molecule has 1 unspecified atom stereocenters. The topological polar surface area (TPSA) is 86.8 Å². The first-order valence-electron chi connectivity index (χ1n) is 14.5. The number of benzene rings is 4. The van der Waals surface area contributed by atoms with Crippen molar-refractivity contribution in [2.24, 2.45) is 5.92 Å². The summed E-state index contributed by atoms with van der Waals surface area (Å²) >= 11 is 6.13. The van der Waals surface area contributed by atoms with Crippen molar-refractivity contribution < 1.29 is 18.0 Å². The molecule has 0 spiro atoms. The average molecular weight is 632 g/mol. The van der Waals surface area contributed by atoms with Crippen molar-refractivity contribution in [1.29, 1.82) is 0 Å². The van der Waals surface area contributed by atoms with Gasteiger partial charge in [-0.05, 0) is 65.9 Å². The molecule has 0 bridgehead atoms. The van der Waals surface area contributed by atoms with Crippen LogP contribution in [0.5, 0.6) is 0 Å². The van der Waals surface area contributed by atoms with E-state index in [9.17, 15) is 18.0 Å². The Bertz CT molecular complexity index is 1650. The zero-order valence-corrected chi connectivity index (χ0v) is 26.8. The van der Waals surface area contributed by atoms with E-state index in [0.29, 0.717) is 11.6 Å². The first-order valence-corrected chi connectivity index (χ1v) is 16.4.